The van der Waals surface area contributed by atoms with E-state index in [-0.39, 0.29) is 16.4 Å². The van der Waals surface area contributed by atoms with Gasteiger partial charge in [-0.05, 0) is 0 Å². The van der Waals surface area contributed by atoms with E-state index in [1.165, 1.54) is 4.57 Å². The first-order chi connectivity index (χ1) is 6.78. The van der Waals surface area contributed by atoms with Gasteiger partial charge in [0.15, 0.2) is 5.16 Å². The molecule has 1 rings (SSSR count). The summed E-state index contributed by atoms with van der Waals surface area (Å²) in [4.78, 5) is 11.1. The highest BCUT2D eigenvalue weighted by Crippen LogP contribution is 2.29. The summed E-state index contributed by atoms with van der Waals surface area (Å²) in [5, 5.41) is 7.80. The molecule has 0 aliphatic heterocycles. The summed E-state index contributed by atoms with van der Waals surface area (Å²) in [5.74, 6) is 0. The topological polar surface area (TPSA) is 47.8 Å². The van der Waals surface area contributed by atoms with Gasteiger partial charge in [-0.2, -0.15) is 0 Å². The van der Waals surface area contributed by atoms with Crippen LogP contribution in [-0.4, -0.2) is 19.6 Å². The van der Waals surface area contributed by atoms with Crippen LogP contribution in [0.15, 0.2) is 9.95 Å². The molecule has 4 nitrogen and oxygen atoms in total. The van der Waals surface area contributed by atoms with Gasteiger partial charge < -0.3 is 0 Å². The van der Waals surface area contributed by atoms with Crippen LogP contribution in [0.3, 0.4) is 0 Å². The molecule has 7 heteroatoms. The number of hydrogen-bond donors (Lipinski definition) is 1. The Bertz CT molecular complexity index is 430. The molecule has 1 aromatic heterocycles. The fraction of sp³-hybridized carbons (Fsp3) is 0.625. The summed E-state index contributed by atoms with van der Waals surface area (Å²) in [6.07, 6.45) is 0. The molecule has 0 bridgehead atoms. The lowest BCUT2D eigenvalue weighted by molar-refractivity contribution is 0.500. The fourth-order valence-corrected chi connectivity index (χ4v) is 1.30. The summed E-state index contributed by atoms with van der Waals surface area (Å²) in [6, 6.07) is 0. The highest BCUT2D eigenvalue weighted by molar-refractivity contribution is 7.80. The van der Waals surface area contributed by atoms with E-state index in [0.717, 1.165) is 0 Å². The van der Waals surface area contributed by atoms with Gasteiger partial charge in [0.05, 0.1) is 0 Å². The average Bonchev–Trinajstić information content (AvgIpc) is 2.13. The molecule has 0 saturated carbocycles. The van der Waals surface area contributed by atoms with E-state index >= 15 is 0 Å². The zero-order valence-corrected chi connectivity index (χ0v) is 10.9. The first-order valence-corrected chi connectivity index (χ1v) is 5.51. The number of halogens is 2. The Morgan fingerprint density at radius 1 is 1.40 bits per heavy atom. The number of aromatic nitrogens is 3. The molecule has 0 saturated heterocycles. The van der Waals surface area contributed by atoms with Gasteiger partial charge in [0.1, 0.15) is 10.5 Å². The van der Waals surface area contributed by atoms with Gasteiger partial charge in [0.25, 0.3) is 5.56 Å². The first kappa shape index (κ1) is 12.8. The minimum Gasteiger partial charge on any atom is -0.288 e. The molecule has 1 aromatic rings. The van der Waals surface area contributed by atoms with Crippen molar-refractivity contribution in [2.45, 2.75) is 29.3 Å². The van der Waals surface area contributed by atoms with Crippen LogP contribution in [0.4, 0.5) is 0 Å². The fourth-order valence-electron chi connectivity index (χ4n) is 0.962. The Hall–Kier alpha value is -0.260. The summed E-state index contributed by atoms with van der Waals surface area (Å²) in [7, 11) is 1.57. The third-order valence-electron chi connectivity index (χ3n) is 2.20. The third-order valence-corrected chi connectivity index (χ3v) is 3.68. The van der Waals surface area contributed by atoms with Crippen LogP contribution in [0, 0.1) is 0 Å². The predicted molar refractivity (Wildman–Crippen MR) is 63.0 cm³/mol. The molecule has 0 N–H and O–H groups in total. The summed E-state index contributed by atoms with van der Waals surface area (Å²) >= 11 is 15.6. The molecule has 0 unspecified atom stereocenters. The lowest BCUT2D eigenvalue weighted by Crippen LogP contribution is -2.37. The Labute approximate surface area is 103 Å². The minimum atomic E-state index is -0.744. The van der Waals surface area contributed by atoms with Crippen LogP contribution >= 0.6 is 35.8 Å². The van der Waals surface area contributed by atoms with Crippen molar-refractivity contribution in [2.24, 2.45) is 7.05 Å². The lowest BCUT2D eigenvalue weighted by Gasteiger charge is -2.24. The van der Waals surface area contributed by atoms with Crippen LogP contribution in [0.1, 0.15) is 19.5 Å². The Balaban J connectivity index is 3.41. The summed E-state index contributed by atoms with van der Waals surface area (Å²) in [5.41, 5.74) is -0.795. The van der Waals surface area contributed by atoms with Crippen LogP contribution in [0.25, 0.3) is 0 Å². The van der Waals surface area contributed by atoms with Crippen molar-refractivity contribution in [3.63, 3.8) is 0 Å². The lowest BCUT2D eigenvalue weighted by atomic mass is 9.92. The average molecular weight is 268 g/mol. The highest BCUT2D eigenvalue weighted by atomic mass is 35.5. The van der Waals surface area contributed by atoms with Gasteiger partial charge in [0.2, 0.25) is 0 Å². The van der Waals surface area contributed by atoms with Crippen LogP contribution in [-0.2, 0) is 12.5 Å². The smallest absolute Gasteiger partial charge is 0.276 e. The minimum absolute atomic E-state index is 0.234. The maximum atomic E-state index is 11.8. The van der Waals surface area contributed by atoms with Crippen LogP contribution in [0.2, 0.25) is 0 Å². The number of alkyl halides is 2. The van der Waals surface area contributed by atoms with Gasteiger partial charge in [-0.3, -0.25) is 9.36 Å². The van der Waals surface area contributed by atoms with E-state index in [2.05, 4.69) is 22.8 Å². The second kappa shape index (κ2) is 4.31. The van der Waals surface area contributed by atoms with Crippen LogP contribution in [0.5, 0.6) is 0 Å². The maximum absolute atomic E-state index is 11.8. The molecule has 0 fully saturated rings. The molecule has 1 heterocycles. The van der Waals surface area contributed by atoms with Crippen molar-refractivity contribution in [2.75, 3.05) is 0 Å². The van der Waals surface area contributed by atoms with E-state index < -0.39 is 10.3 Å². The maximum Gasteiger partial charge on any atom is 0.276 e. The number of rotatable bonds is 2. The summed E-state index contributed by atoms with van der Waals surface area (Å²) < 4.78 is 1.29. The Morgan fingerprint density at radius 2 is 1.93 bits per heavy atom. The molecule has 15 heavy (non-hydrogen) atoms. The SMILES string of the molecule is Cn1c(S)nnc(C(C)(C)C(Cl)Cl)c1=O. The third kappa shape index (κ3) is 2.29. The Kier molecular flexibility index (Phi) is 3.68. The zero-order chi connectivity index (χ0) is 11.8. The molecule has 0 atom stereocenters. The van der Waals surface area contributed by atoms with Gasteiger partial charge >= 0.3 is 0 Å². The molecule has 0 spiro atoms. The van der Waals surface area contributed by atoms with E-state index in [1.54, 1.807) is 20.9 Å². The van der Waals surface area contributed by atoms with Gasteiger partial charge in [-0.15, -0.1) is 46.0 Å². The normalized spacial score (nSPS) is 12.2. The molecule has 0 amide bonds. The molecule has 0 aliphatic rings. The number of nitrogens with zero attached hydrogens (tertiary/aromatic N) is 3. The molecular formula is C8H11Cl2N3OS. The standard InChI is InChI=1S/C8H11Cl2N3OS/c1-8(2,6(9)10)4-5(14)13(3)7(15)12-11-4/h6H,1-3H3,(H,12,15). The summed E-state index contributed by atoms with van der Waals surface area (Å²) in [6.45, 7) is 3.47. The van der Waals surface area contributed by atoms with E-state index in [4.69, 9.17) is 23.2 Å². The van der Waals surface area contributed by atoms with Crippen molar-refractivity contribution >= 4 is 35.8 Å². The molecular weight excluding hydrogens is 257 g/mol. The Morgan fingerprint density at radius 3 is 2.40 bits per heavy atom. The van der Waals surface area contributed by atoms with Crippen molar-refractivity contribution in [1.29, 1.82) is 0 Å². The predicted octanol–water partition coefficient (Wildman–Crippen LogP) is 1.55. The van der Waals surface area contributed by atoms with Gasteiger partial charge in [-0.1, -0.05) is 13.8 Å². The molecule has 84 valence electrons. The molecule has 0 aromatic carbocycles. The quantitative estimate of drug-likeness (QED) is 0.654. The highest BCUT2D eigenvalue weighted by Gasteiger charge is 2.33. The first-order valence-electron chi connectivity index (χ1n) is 4.19. The van der Waals surface area contributed by atoms with Crippen LogP contribution < -0.4 is 5.56 Å². The number of thiol groups is 1. The monoisotopic (exact) mass is 267 g/mol. The van der Waals surface area contributed by atoms with Crippen molar-refractivity contribution in [3.8, 4) is 0 Å². The van der Waals surface area contributed by atoms with Gasteiger partial charge in [0, 0.05) is 12.5 Å². The van der Waals surface area contributed by atoms with E-state index in [0.29, 0.717) is 0 Å². The second-order valence-corrected chi connectivity index (χ2v) is 5.23. The zero-order valence-electron chi connectivity index (χ0n) is 8.53. The van der Waals surface area contributed by atoms with Crippen molar-refractivity contribution in [3.05, 3.63) is 16.0 Å². The number of hydrogen-bond acceptors (Lipinski definition) is 4. The van der Waals surface area contributed by atoms with E-state index in [1.807, 2.05) is 0 Å². The molecule has 0 radical (unpaired) electrons. The van der Waals surface area contributed by atoms with E-state index in [9.17, 15) is 4.79 Å². The van der Waals surface area contributed by atoms with Crippen molar-refractivity contribution in [1.82, 2.24) is 14.8 Å². The molecule has 0 aliphatic carbocycles. The van der Waals surface area contributed by atoms with Crippen molar-refractivity contribution < 1.29 is 0 Å². The van der Waals surface area contributed by atoms with Gasteiger partial charge in [-0.25, -0.2) is 0 Å². The largest absolute Gasteiger partial charge is 0.288 e. The second-order valence-electron chi connectivity index (χ2n) is 3.74.